The van der Waals surface area contributed by atoms with Crippen LogP contribution in [0, 0.1) is 0 Å². The monoisotopic (exact) mass is 391 g/mol. The number of nitrogens with zero attached hydrogens (tertiary/aromatic N) is 2. The van der Waals surface area contributed by atoms with E-state index in [1.165, 1.54) is 5.56 Å². The quantitative estimate of drug-likeness (QED) is 0.377. The van der Waals surface area contributed by atoms with Crippen LogP contribution in [0.5, 0.6) is 5.75 Å². The summed E-state index contributed by atoms with van der Waals surface area (Å²) in [7, 11) is 3.45. The highest BCUT2D eigenvalue weighted by molar-refractivity contribution is 5.80. The summed E-state index contributed by atoms with van der Waals surface area (Å²) in [6.07, 6.45) is 3.39. The van der Waals surface area contributed by atoms with E-state index in [0.29, 0.717) is 12.0 Å². The van der Waals surface area contributed by atoms with Crippen molar-refractivity contribution in [1.29, 1.82) is 0 Å². The van der Waals surface area contributed by atoms with Gasteiger partial charge < -0.3 is 24.4 Å². The molecule has 1 atom stereocenters. The van der Waals surface area contributed by atoms with Crippen LogP contribution in [-0.4, -0.2) is 70.6 Å². The molecular formula is C22H37N3O3. The molecule has 0 bridgehead atoms. The van der Waals surface area contributed by atoms with Crippen LogP contribution >= 0.6 is 0 Å². The highest BCUT2D eigenvalue weighted by Gasteiger charge is 2.22. The van der Waals surface area contributed by atoms with Gasteiger partial charge in [-0.2, -0.15) is 0 Å². The standard InChI is InChI=1S/C22H37N3O3/c1-5-23-22(24-17-18(2)20-9-6-7-10-21(20)27-4)25-13-11-19(12-14-25)28-16-8-15-26-3/h6-7,9-10,18-19H,5,8,11-17H2,1-4H3,(H,23,24). The third-order valence-corrected chi connectivity index (χ3v) is 5.11. The fourth-order valence-corrected chi connectivity index (χ4v) is 3.51. The second-order valence-corrected chi connectivity index (χ2v) is 7.24. The van der Waals surface area contributed by atoms with Gasteiger partial charge in [-0.3, -0.25) is 4.99 Å². The second kappa shape index (κ2) is 12.6. The lowest BCUT2D eigenvalue weighted by molar-refractivity contribution is 0.00990. The minimum Gasteiger partial charge on any atom is -0.496 e. The van der Waals surface area contributed by atoms with E-state index in [-0.39, 0.29) is 0 Å². The van der Waals surface area contributed by atoms with E-state index in [4.69, 9.17) is 19.2 Å². The average molecular weight is 392 g/mol. The Morgan fingerprint density at radius 3 is 2.64 bits per heavy atom. The maximum atomic E-state index is 5.97. The van der Waals surface area contributed by atoms with E-state index in [9.17, 15) is 0 Å². The molecule has 0 aliphatic carbocycles. The Labute approximate surface area is 170 Å². The molecule has 1 fully saturated rings. The maximum Gasteiger partial charge on any atom is 0.193 e. The van der Waals surface area contributed by atoms with Gasteiger partial charge in [0.15, 0.2) is 5.96 Å². The van der Waals surface area contributed by atoms with Gasteiger partial charge in [-0.15, -0.1) is 0 Å². The van der Waals surface area contributed by atoms with Crippen molar-refractivity contribution in [2.75, 3.05) is 53.6 Å². The van der Waals surface area contributed by atoms with E-state index in [1.807, 2.05) is 12.1 Å². The molecule has 1 saturated heterocycles. The van der Waals surface area contributed by atoms with Gasteiger partial charge in [0, 0.05) is 52.4 Å². The molecule has 6 nitrogen and oxygen atoms in total. The van der Waals surface area contributed by atoms with Crippen molar-refractivity contribution in [1.82, 2.24) is 10.2 Å². The van der Waals surface area contributed by atoms with Gasteiger partial charge in [-0.1, -0.05) is 25.1 Å². The predicted octanol–water partition coefficient (Wildman–Crippen LogP) is 3.28. The van der Waals surface area contributed by atoms with Crippen molar-refractivity contribution < 1.29 is 14.2 Å². The molecule has 0 spiro atoms. The first-order chi connectivity index (χ1) is 13.7. The van der Waals surface area contributed by atoms with Gasteiger partial charge in [0.05, 0.1) is 13.2 Å². The van der Waals surface area contributed by atoms with Crippen LogP contribution < -0.4 is 10.1 Å². The number of nitrogens with one attached hydrogen (secondary N) is 1. The van der Waals surface area contributed by atoms with Gasteiger partial charge in [0.1, 0.15) is 5.75 Å². The van der Waals surface area contributed by atoms with Crippen LogP contribution in [0.4, 0.5) is 0 Å². The van der Waals surface area contributed by atoms with Gasteiger partial charge >= 0.3 is 0 Å². The van der Waals surface area contributed by atoms with E-state index in [0.717, 1.165) is 70.4 Å². The van der Waals surface area contributed by atoms with Crippen LogP contribution in [0.2, 0.25) is 0 Å². The van der Waals surface area contributed by atoms with Crippen molar-refractivity contribution in [3.8, 4) is 5.75 Å². The number of aliphatic imine (C=N–C) groups is 1. The van der Waals surface area contributed by atoms with Gasteiger partial charge in [0.2, 0.25) is 0 Å². The SMILES string of the molecule is CCNC(=NCC(C)c1ccccc1OC)N1CCC(OCCCOC)CC1. The summed E-state index contributed by atoms with van der Waals surface area (Å²) < 4.78 is 16.6. The number of benzene rings is 1. The fourth-order valence-electron chi connectivity index (χ4n) is 3.51. The zero-order valence-corrected chi connectivity index (χ0v) is 17.9. The lowest BCUT2D eigenvalue weighted by atomic mass is 10.0. The Hall–Kier alpha value is -1.79. The van der Waals surface area contributed by atoms with Crippen molar-refractivity contribution in [2.45, 2.75) is 45.1 Å². The summed E-state index contributed by atoms with van der Waals surface area (Å²) >= 11 is 0. The first-order valence-electron chi connectivity index (χ1n) is 10.5. The number of guanidine groups is 1. The molecule has 1 aromatic rings. The summed E-state index contributed by atoms with van der Waals surface area (Å²) in [4.78, 5) is 7.27. The number of ether oxygens (including phenoxy) is 3. The first-order valence-corrected chi connectivity index (χ1v) is 10.5. The molecule has 158 valence electrons. The molecule has 0 radical (unpaired) electrons. The van der Waals surface area contributed by atoms with Gasteiger partial charge in [-0.05, 0) is 37.8 Å². The zero-order valence-electron chi connectivity index (χ0n) is 17.9. The lowest BCUT2D eigenvalue weighted by Gasteiger charge is -2.34. The largest absolute Gasteiger partial charge is 0.496 e. The summed E-state index contributed by atoms with van der Waals surface area (Å²) in [5, 5.41) is 3.45. The van der Waals surface area contributed by atoms with E-state index in [1.54, 1.807) is 14.2 Å². The van der Waals surface area contributed by atoms with Crippen molar-refractivity contribution in [3.63, 3.8) is 0 Å². The topological polar surface area (TPSA) is 55.3 Å². The minimum absolute atomic E-state index is 0.298. The molecule has 1 aromatic carbocycles. The van der Waals surface area contributed by atoms with Gasteiger partial charge in [-0.25, -0.2) is 0 Å². The van der Waals surface area contributed by atoms with Crippen LogP contribution in [0.25, 0.3) is 0 Å². The molecule has 1 heterocycles. The predicted molar refractivity (Wildman–Crippen MR) is 114 cm³/mol. The number of piperidine rings is 1. The summed E-state index contributed by atoms with van der Waals surface area (Å²) in [5.41, 5.74) is 1.20. The molecule has 0 amide bonds. The molecule has 1 N–H and O–H groups in total. The van der Waals surface area contributed by atoms with Crippen molar-refractivity contribution >= 4 is 5.96 Å². The highest BCUT2D eigenvalue weighted by atomic mass is 16.5. The van der Waals surface area contributed by atoms with Crippen LogP contribution in [-0.2, 0) is 9.47 Å². The molecule has 2 rings (SSSR count). The average Bonchev–Trinajstić information content (AvgIpc) is 2.74. The van der Waals surface area contributed by atoms with Gasteiger partial charge in [0.25, 0.3) is 0 Å². The molecular weight excluding hydrogens is 354 g/mol. The number of methoxy groups -OCH3 is 2. The third kappa shape index (κ3) is 6.99. The molecule has 1 aliphatic heterocycles. The Morgan fingerprint density at radius 1 is 1.21 bits per heavy atom. The van der Waals surface area contributed by atoms with Crippen LogP contribution in [0.15, 0.2) is 29.3 Å². The fraction of sp³-hybridized carbons (Fsp3) is 0.682. The number of hydrogen-bond donors (Lipinski definition) is 1. The number of rotatable bonds is 10. The normalized spacial score (nSPS) is 16.9. The summed E-state index contributed by atoms with van der Waals surface area (Å²) in [6.45, 7) is 9.42. The Morgan fingerprint density at radius 2 is 1.96 bits per heavy atom. The van der Waals surface area contributed by atoms with Crippen LogP contribution in [0.3, 0.4) is 0 Å². The Bertz CT molecular complexity index is 586. The molecule has 28 heavy (non-hydrogen) atoms. The third-order valence-electron chi connectivity index (χ3n) is 5.11. The molecule has 0 aromatic heterocycles. The molecule has 0 saturated carbocycles. The lowest BCUT2D eigenvalue weighted by Crippen LogP contribution is -2.47. The maximum absolute atomic E-state index is 5.97. The minimum atomic E-state index is 0.298. The first kappa shape index (κ1) is 22.5. The number of para-hydroxylation sites is 1. The molecule has 1 unspecified atom stereocenters. The van der Waals surface area contributed by atoms with E-state index < -0.39 is 0 Å². The molecule has 6 heteroatoms. The summed E-state index contributed by atoms with van der Waals surface area (Å²) in [6, 6.07) is 8.20. The number of hydrogen-bond acceptors (Lipinski definition) is 4. The Kier molecular flexibility index (Phi) is 10.1. The molecule has 1 aliphatic rings. The number of likely N-dealkylation sites (tertiary alicyclic amines) is 1. The Balaban J connectivity index is 1.88. The van der Waals surface area contributed by atoms with E-state index in [2.05, 4.69) is 36.2 Å². The second-order valence-electron chi connectivity index (χ2n) is 7.24. The van der Waals surface area contributed by atoms with Crippen molar-refractivity contribution in [3.05, 3.63) is 29.8 Å². The van der Waals surface area contributed by atoms with Crippen LogP contribution in [0.1, 0.15) is 44.6 Å². The highest BCUT2D eigenvalue weighted by Crippen LogP contribution is 2.26. The smallest absolute Gasteiger partial charge is 0.193 e. The zero-order chi connectivity index (χ0) is 20.2. The van der Waals surface area contributed by atoms with Crippen molar-refractivity contribution in [2.24, 2.45) is 4.99 Å². The van der Waals surface area contributed by atoms with E-state index >= 15 is 0 Å². The summed E-state index contributed by atoms with van der Waals surface area (Å²) in [5.74, 6) is 2.23.